The molecule has 6 nitrogen and oxygen atoms in total. The summed E-state index contributed by atoms with van der Waals surface area (Å²) < 4.78 is 10.8. The number of carbonyl (C=O) groups is 2. The van der Waals surface area contributed by atoms with Crippen molar-refractivity contribution in [1.29, 1.82) is 0 Å². The van der Waals surface area contributed by atoms with Gasteiger partial charge in [-0.15, -0.1) is 0 Å². The van der Waals surface area contributed by atoms with Gasteiger partial charge >= 0.3 is 0 Å². The first-order valence-electron chi connectivity index (χ1n) is 8.43. The van der Waals surface area contributed by atoms with Crippen LogP contribution in [-0.2, 0) is 9.59 Å². The fourth-order valence-electron chi connectivity index (χ4n) is 2.30. The Labute approximate surface area is 163 Å². The zero-order valence-corrected chi connectivity index (χ0v) is 16.6. The maximum absolute atomic E-state index is 11.8. The van der Waals surface area contributed by atoms with Crippen LogP contribution >= 0.6 is 11.6 Å². The molecule has 2 aromatic rings. The van der Waals surface area contributed by atoms with Crippen molar-refractivity contribution in [3.05, 3.63) is 57.6 Å². The number of hydrazine groups is 1. The lowest BCUT2D eigenvalue weighted by molar-refractivity contribution is -0.131. The lowest BCUT2D eigenvalue weighted by atomic mass is 10.1. The highest BCUT2D eigenvalue weighted by atomic mass is 35.5. The molecule has 0 aliphatic rings. The van der Waals surface area contributed by atoms with E-state index in [1.54, 1.807) is 18.2 Å². The minimum absolute atomic E-state index is 0.209. The molecule has 0 unspecified atom stereocenters. The summed E-state index contributed by atoms with van der Waals surface area (Å²) in [4.78, 5) is 23.6. The van der Waals surface area contributed by atoms with Gasteiger partial charge in [-0.25, -0.2) is 0 Å². The van der Waals surface area contributed by atoms with Crippen LogP contribution in [0.4, 0.5) is 0 Å². The predicted molar refractivity (Wildman–Crippen MR) is 104 cm³/mol. The zero-order chi connectivity index (χ0) is 20.0. The van der Waals surface area contributed by atoms with Gasteiger partial charge < -0.3 is 9.47 Å². The van der Waals surface area contributed by atoms with Gasteiger partial charge in [-0.3, -0.25) is 20.4 Å². The van der Waals surface area contributed by atoms with Gasteiger partial charge in [-0.2, -0.15) is 0 Å². The molecule has 0 saturated heterocycles. The second-order valence-electron chi connectivity index (χ2n) is 6.29. The normalized spacial score (nSPS) is 10.3. The summed E-state index contributed by atoms with van der Waals surface area (Å²) in [7, 11) is 0. The molecule has 2 amide bonds. The molecule has 0 bridgehead atoms. The SMILES string of the molecule is Cc1ccc(OCC(=O)NNC(=O)COc2cc(C)c(Cl)c(C)c2)cc1C. The van der Waals surface area contributed by atoms with Gasteiger partial charge in [0.05, 0.1) is 0 Å². The molecule has 0 aliphatic heterocycles. The largest absolute Gasteiger partial charge is 0.484 e. The number of ether oxygens (including phenoxy) is 2. The van der Waals surface area contributed by atoms with Crippen LogP contribution in [0.1, 0.15) is 22.3 Å². The third-order valence-corrected chi connectivity index (χ3v) is 4.57. The molecule has 2 N–H and O–H groups in total. The second kappa shape index (κ2) is 9.28. The van der Waals surface area contributed by atoms with E-state index in [1.165, 1.54) is 0 Å². The molecule has 0 aliphatic carbocycles. The maximum atomic E-state index is 11.8. The minimum atomic E-state index is -0.486. The van der Waals surface area contributed by atoms with Crippen molar-refractivity contribution in [2.75, 3.05) is 13.2 Å². The third-order valence-electron chi connectivity index (χ3n) is 3.97. The maximum Gasteiger partial charge on any atom is 0.276 e. The molecule has 0 saturated carbocycles. The first-order valence-corrected chi connectivity index (χ1v) is 8.81. The van der Waals surface area contributed by atoms with Crippen LogP contribution in [0.15, 0.2) is 30.3 Å². The number of hydrogen-bond acceptors (Lipinski definition) is 4. The number of benzene rings is 2. The molecule has 27 heavy (non-hydrogen) atoms. The number of nitrogens with one attached hydrogen (secondary N) is 2. The number of carbonyl (C=O) groups excluding carboxylic acids is 2. The Balaban J connectivity index is 1.73. The molecular formula is C20H23ClN2O4. The monoisotopic (exact) mass is 390 g/mol. The Morgan fingerprint density at radius 3 is 1.78 bits per heavy atom. The van der Waals surface area contributed by atoms with Crippen molar-refractivity contribution in [2.45, 2.75) is 27.7 Å². The first kappa shape index (κ1) is 20.6. The smallest absolute Gasteiger partial charge is 0.276 e. The minimum Gasteiger partial charge on any atom is -0.484 e. The summed E-state index contributed by atoms with van der Waals surface area (Å²) in [6.07, 6.45) is 0. The fourth-order valence-corrected chi connectivity index (χ4v) is 2.41. The average Bonchev–Trinajstić information content (AvgIpc) is 2.63. The van der Waals surface area contributed by atoms with E-state index < -0.39 is 11.8 Å². The Bertz CT molecular complexity index is 829. The number of rotatable bonds is 6. The first-order chi connectivity index (χ1) is 12.8. The summed E-state index contributed by atoms with van der Waals surface area (Å²) in [6.45, 7) is 7.23. The van der Waals surface area contributed by atoms with Crippen LogP contribution in [-0.4, -0.2) is 25.0 Å². The van der Waals surface area contributed by atoms with Crippen LogP contribution in [0.3, 0.4) is 0 Å². The lowest BCUT2D eigenvalue weighted by Crippen LogP contribution is -2.45. The van der Waals surface area contributed by atoms with E-state index in [0.717, 1.165) is 22.3 Å². The van der Waals surface area contributed by atoms with Gasteiger partial charge in [0, 0.05) is 5.02 Å². The summed E-state index contributed by atoms with van der Waals surface area (Å²) >= 11 is 6.09. The van der Waals surface area contributed by atoms with Crippen molar-refractivity contribution < 1.29 is 19.1 Å². The highest BCUT2D eigenvalue weighted by molar-refractivity contribution is 6.32. The van der Waals surface area contributed by atoms with Crippen molar-refractivity contribution in [1.82, 2.24) is 10.9 Å². The molecule has 0 spiro atoms. The van der Waals surface area contributed by atoms with Crippen LogP contribution in [0, 0.1) is 27.7 Å². The summed E-state index contributed by atoms with van der Waals surface area (Å²) in [5, 5.41) is 0.669. The van der Waals surface area contributed by atoms with Crippen LogP contribution in [0.2, 0.25) is 5.02 Å². The zero-order valence-electron chi connectivity index (χ0n) is 15.8. The Morgan fingerprint density at radius 1 is 0.778 bits per heavy atom. The van der Waals surface area contributed by atoms with Gasteiger partial charge in [0.15, 0.2) is 13.2 Å². The van der Waals surface area contributed by atoms with Gasteiger partial charge in [-0.05, 0) is 74.2 Å². The molecule has 0 atom stereocenters. The van der Waals surface area contributed by atoms with Crippen molar-refractivity contribution in [2.24, 2.45) is 0 Å². The molecule has 0 fully saturated rings. The molecule has 7 heteroatoms. The van der Waals surface area contributed by atoms with Crippen molar-refractivity contribution >= 4 is 23.4 Å². The number of aryl methyl sites for hydroxylation is 4. The van der Waals surface area contributed by atoms with Gasteiger partial charge in [0.25, 0.3) is 11.8 Å². The van der Waals surface area contributed by atoms with Crippen molar-refractivity contribution in [3.8, 4) is 11.5 Å². The second-order valence-corrected chi connectivity index (χ2v) is 6.67. The van der Waals surface area contributed by atoms with E-state index in [0.29, 0.717) is 16.5 Å². The topological polar surface area (TPSA) is 76.7 Å². The summed E-state index contributed by atoms with van der Waals surface area (Å²) in [5.74, 6) is 0.171. The Kier molecular flexibility index (Phi) is 7.07. The molecule has 0 heterocycles. The molecule has 2 rings (SSSR count). The fraction of sp³-hybridized carbons (Fsp3) is 0.300. The van der Waals surface area contributed by atoms with Gasteiger partial charge in [0.2, 0.25) is 0 Å². The molecule has 0 radical (unpaired) electrons. The van der Waals surface area contributed by atoms with Gasteiger partial charge in [-0.1, -0.05) is 17.7 Å². The Hall–Kier alpha value is -2.73. The van der Waals surface area contributed by atoms with Crippen molar-refractivity contribution in [3.63, 3.8) is 0 Å². The van der Waals surface area contributed by atoms with E-state index >= 15 is 0 Å². The number of hydrogen-bond donors (Lipinski definition) is 2. The Morgan fingerprint density at radius 2 is 1.26 bits per heavy atom. The van der Waals surface area contributed by atoms with Crippen LogP contribution < -0.4 is 20.3 Å². The summed E-state index contributed by atoms with van der Waals surface area (Å²) in [6, 6.07) is 9.06. The third kappa shape index (κ3) is 6.18. The molecule has 2 aromatic carbocycles. The standard InChI is InChI=1S/C20H23ClN2O4/c1-12-5-6-16(7-13(12)2)26-10-18(24)22-23-19(25)11-27-17-8-14(3)20(21)15(4)9-17/h5-9H,10-11H2,1-4H3,(H,22,24)(H,23,25). The summed E-state index contributed by atoms with van der Waals surface area (Å²) in [5.41, 5.74) is 8.51. The van der Waals surface area contributed by atoms with Crippen LogP contribution in [0.5, 0.6) is 11.5 Å². The lowest BCUT2D eigenvalue weighted by Gasteiger charge is -2.11. The van der Waals surface area contributed by atoms with Gasteiger partial charge in [0.1, 0.15) is 11.5 Å². The quantitative estimate of drug-likeness (QED) is 0.743. The highest BCUT2D eigenvalue weighted by Gasteiger charge is 2.09. The van der Waals surface area contributed by atoms with E-state index in [1.807, 2.05) is 39.8 Å². The van der Waals surface area contributed by atoms with E-state index in [4.69, 9.17) is 21.1 Å². The van der Waals surface area contributed by atoms with E-state index in [2.05, 4.69) is 10.9 Å². The predicted octanol–water partition coefficient (Wildman–Crippen LogP) is 3.18. The molecule has 0 aromatic heterocycles. The highest BCUT2D eigenvalue weighted by Crippen LogP contribution is 2.25. The molecule has 144 valence electrons. The van der Waals surface area contributed by atoms with E-state index in [-0.39, 0.29) is 13.2 Å². The number of halogens is 1. The molecular weight excluding hydrogens is 368 g/mol. The number of amides is 2. The average molecular weight is 391 g/mol. The van der Waals surface area contributed by atoms with Crippen LogP contribution in [0.25, 0.3) is 0 Å². The van der Waals surface area contributed by atoms with E-state index in [9.17, 15) is 9.59 Å².